The highest BCUT2D eigenvalue weighted by molar-refractivity contribution is 4.95. The highest BCUT2D eigenvalue weighted by atomic mass is 16.5. The van der Waals surface area contributed by atoms with E-state index in [4.69, 9.17) is 10.5 Å². The molecule has 0 heterocycles. The Hall–Kier alpha value is -0.120. The summed E-state index contributed by atoms with van der Waals surface area (Å²) in [6.45, 7) is 8.74. The van der Waals surface area contributed by atoms with Gasteiger partial charge in [-0.25, -0.2) is 0 Å². The van der Waals surface area contributed by atoms with Gasteiger partial charge in [-0.1, -0.05) is 26.7 Å². The lowest BCUT2D eigenvalue weighted by molar-refractivity contribution is 0.0359. The predicted octanol–water partition coefficient (Wildman–Crippen LogP) is 3.03. The van der Waals surface area contributed by atoms with E-state index >= 15 is 0 Å². The van der Waals surface area contributed by atoms with Crippen LogP contribution in [0.3, 0.4) is 0 Å². The van der Waals surface area contributed by atoms with Crippen LogP contribution in [0.25, 0.3) is 0 Å². The second kappa shape index (κ2) is 8.93. The van der Waals surface area contributed by atoms with Crippen molar-refractivity contribution in [3.05, 3.63) is 0 Å². The molecule has 114 valence electrons. The maximum atomic E-state index is 6.20. The molecule has 1 aliphatic carbocycles. The summed E-state index contributed by atoms with van der Waals surface area (Å²) in [6, 6.07) is 0. The average molecular weight is 270 g/mol. The van der Waals surface area contributed by atoms with E-state index in [0.717, 1.165) is 25.5 Å². The summed E-state index contributed by atoms with van der Waals surface area (Å²) in [5.41, 5.74) is 6.47. The Bertz CT molecular complexity index is 235. The second-order valence-corrected chi connectivity index (χ2v) is 6.32. The number of methoxy groups -OCH3 is 1. The number of nitrogens with two attached hydrogens (primary N) is 1. The van der Waals surface area contributed by atoms with Gasteiger partial charge in [0.15, 0.2) is 0 Å². The minimum atomic E-state index is 0.279. The standard InChI is InChI=1S/C16H34N2O/c1-4-10-18(11-5-6-12-19-3)16(14-17)9-7-8-15(2)13-16/h15H,4-14,17H2,1-3H3. The van der Waals surface area contributed by atoms with Gasteiger partial charge in [-0.15, -0.1) is 0 Å². The van der Waals surface area contributed by atoms with E-state index in [2.05, 4.69) is 18.7 Å². The van der Waals surface area contributed by atoms with Crippen molar-refractivity contribution in [2.75, 3.05) is 33.4 Å². The van der Waals surface area contributed by atoms with Gasteiger partial charge in [-0.05, 0) is 51.1 Å². The Labute approximate surface area is 119 Å². The summed E-state index contributed by atoms with van der Waals surface area (Å²) in [5.74, 6) is 0.829. The molecule has 0 aromatic heterocycles. The zero-order valence-electron chi connectivity index (χ0n) is 13.3. The summed E-state index contributed by atoms with van der Waals surface area (Å²) < 4.78 is 5.15. The molecule has 2 atom stereocenters. The predicted molar refractivity (Wildman–Crippen MR) is 82.4 cm³/mol. The van der Waals surface area contributed by atoms with Crippen LogP contribution in [-0.4, -0.2) is 43.8 Å². The van der Waals surface area contributed by atoms with Gasteiger partial charge in [0.05, 0.1) is 0 Å². The van der Waals surface area contributed by atoms with Crippen LogP contribution in [-0.2, 0) is 4.74 Å². The van der Waals surface area contributed by atoms with E-state index in [9.17, 15) is 0 Å². The van der Waals surface area contributed by atoms with Crippen molar-refractivity contribution in [3.8, 4) is 0 Å². The van der Waals surface area contributed by atoms with Crippen LogP contribution in [0.1, 0.15) is 58.8 Å². The fourth-order valence-corrected chi connectivity index (χ4v) is 3.64. The monoisotopic (exact) mass is 270 g/mol. The van der Waals surface area contributed by atoms with Crippen LogP contribution in [0.5, 0.6) is 0 Å². The first-order valence-corrected chi connectivity index (χ1v) is 8.12. The Morgan fingerprint density at radius 2 is 2.11 bits per heavy atom. The van der Waals surface area contributed by atoms with Gasteiger partial charge in [0.2, 0.25) is 0 Å². The Kier molecular flexibility index (Phi) is 7.96. The maximum Gasteiger partial charge on any atom is 0.0462 e. The zero-order valence-corrected chi connectivity index (χ0v) is 13.3. The molecule has 0 aromatic carbocycles. The smallest absolute Gasteiger partial charge is 0.0462 e. The second-order valence-electron chi connectivity index (χ2n) is 6.32. The van der Waals surface area contributed by atoms with Crippen LogP contribution >= 0.6 is 0 Å². The third-order valence-electron chi connectivity index (χ3n) is 4.64. The molecule has 0 saturated heterocycles. The minimum Gasteiger partial charge on any atom is -0.385 e. The SMILES string of the molecule is CCCN(CCCCOC)C1(CN)CCCC(C)C1. The molecule has 19 heavy (non-hydrogen) atoms. The zero-order chi connectivity index (χ0) is 14.1. The Morgan fingerprint density at radius 1 is 1.32 bits per heavy atom. The summed E-state index contributed by atoms with van der Waals surface area (Å²) in [7, 11) is 1.79. The summed E-state index contributed by atoms with van der Waals surface area (Å²) in [6.07, 6.45) is 8.91. The highest BCUT2D eigenvalue weighted by Crippen LogP contribution is 2.36. The number of rotatable bonds is 9. The molecule has 0 radical (unpaired) electrons. The van der Waals surface area contributed by atoms with Gasteiger partial charge in [-0.2, -0.15) is 0 Å². The third kappa shape index (κ3) is 5.05. The third-order valence-corrected chi connectivity index (χ3v) is 4.64. The lowest BCUT2D eigenvalue weighted by Gasteiger charge is -2.48. The lowest BCUT2D eigenvalue weighted by Crippen LogP contribution is -2.56. The molecular weight excluding hydrogens is 236 g/mol. The first-order chi connectivity index (χ1) is 9.18. The van der Waals surface area contributed by atoms with Crippen LogP contribution in [0.2, 0.25) is 0 Å². The molecule has 0 aliphatic heterocycles. The van der Waals surface area contributed by atoms with Gasteiger partial charge in [0.25, 0.3) is 0 Å². The van der Waals surface area contributed by atoms with Gasteiger partial charge in [0.1, 0.15) is 0 Å². The molecule has 3 heteroatoms. The number of hydrogen-bond donors (Lipinski definition) is 1. The van der Waals surface area contributed by atoms with Crippen molar-refractivity contribution < 1.29 is 4.74 Å². The molecule has 0 bridgehead atoms. The van der Waals surface area contributed by atoms with E-state index in [1.807, 2.05) is 0 Å². The molecule has 1 aliphatic rings. The maximum absolute atomic E-state index is 6.20. The highest BCUT2D eigenvalue weighted by Gasteiger charge is 2.38. The fourth-order valence-electron chi connectivity index (χ4n) is 3.64. The minimum absolute atomic E-state index is 0.279. The van der Waals surface area contributed by atoms with Crippen LogP contribution < -0.4 is 5.73 Å². The van der Waals surface area contributed by atoms with Crippen molar-refractivity contribution in [3.63, 3.8) is 0 Å². The van der Waals surface area contributed by atoms with Crippen LogP contribution in [0.15, 0.2) is 0 Å². The fraction of sp³-hybridized carbons (Fsp3) is 1.00. The van der Waals surface area contributed by atoms with Crippen molar-refractivity contribution in [2.24, 2.45) is 11.7 Å². The van der Waals surface area contributed by atoms with Crippen LogP contribution in [0.4, 0.5) is 0 Å². The molecule has 1 fully saturated rings. The van der Waals surface area contributed by atoms with Crippen molar-refractivity contribution in [2.45, 2.75) is 64.3 Å². The molecule has 2 unspecified atom stereocenters. The molecule has 1 saturated carbocycles. The first kappa shape index (κ1) is 16.9. The summed E-state index contributed by atoms with van der Waals surface area (Å²) >= 11 is 0. The molecule has 0 amide bonds. The molecule has 0 spiro atoms. The molecular formula is C16H34N2O. The van der Waals surface area contributed by atoms with Gasteiger partial charge in [0, 0.05) is 25.8 Å². The molecule has 0 aromatic rings. The summed E-state index contributed by atoms with van der Waals surface area (Å²) in [5, 5.41) is 0. The Balaban J connectivity index is 2.59. The van der Waals surface area contributed by atoms with Crippen molar-refractivity contribution >= 4 is 0 Å². The number of nitrogens with zero attached hydrogens (tertiary/aromatic N) is 1. The topological polar surface area (TPSA) is 38.5 Å². The first-order valence-electron chi connectivity index (χ1n) is 8.12. The van der Waals surface area contributed by atoms with Gasteiger partial charge >= 0.3 is 0 Å². The quantitative estimate of drug-likeness (QED) is 0.655. The largest absolute Gasteiger partial charge is 0.385 e. The van der Waals surface area contributed by atoms with Gasteiger partial charge in [-0.3, -0.25) is 4.90 Å². The number of hydrogen-bond acceptors (Lipinski definition) is 3. The number of ether oxygens (including phenoxy) is 1. The number of unbranched alkanes of at least 4 members (excludes halogenated alkanes) is 1. The normalized spacial score (nSPS) is 27.9. The van der Waals surface area contributed by atoms with E-state index < -0.39 is 0 Å². The van der Waals surface area contributed by atoms with Crippen molar-refractivity contribution in [1.82, 2.24) is 4.90 Å². The van der Waals surface area contributed by atoms with E-state index in [1.165, 1.54) is 51.6 Å². The van der Waals surface area contributed by atoms with Crippen molar-refractivity contribution in [1.29, 1.82) is 0 Å². The van der Waals surface area contributed by atoms with E-state index in [-0.39, 0.29) is 5.54 Å². The van der Waals surface area contributed by atoms with Gasteiger partial charge < -0.3 is 10.5 Å². The van der Waals surface area contributed by atoms with Crippen LogP contribution in [0, 0.1) is 5.92 Å². The van der Waals surface area contributed by atoms with E-state index in [0.29, 0.717) is 0 Å². The molecule has 3 nitrogen and oxygen atoms in total. The van der Waals surface area contributed by atoms with E-state index in [1.54, 1.807) is 7.11 Å². The lowest BCUT2D eigenvalue weighted by atomic mass is 9.75. The molecule has 2 N–H and O–H groups in total. The summed E-state index contributed by atoms with van der Waals surface area (Å²) in [4.78, 5) is 2.69. The average Bonchev–Trinajstić information content (AvgIpc) is 2.42. The Morgan fingerprint density at radius 3 is 2.68 bits per heavy atom. The molecule has 1 rings (SSSR count).